The summed E-state index contributed by atoms with van der Waals surface area (Å²) in [4.78, 5) is 6.70. The Labute approximate surface area is 166 Å². The second-order valence-electron chi connectivity index (χ2n) is 6.47. The molecule has 2 aromatic heterocycles. The Morgan fingerprint density at radius 2 is 1.81 bits per heavy atom. The zero-order valence-electron chi connectivity index (χ0n) is 15.3. The van der Waals surface area contributed by atoms with Crippen LogP contribution < -0.4 is 0 Å². The average molecular weight is 409 g/mol. The summed E-state index contributed by atoms with van der Waals surface area (Å²) >= 11 is 8.93. The van der Waals surface area contributed by atoms with Crippen molar-refractivity contribution < 1.29 is 0 Å². The minimum absolute atomic E-state index is 0.105. The minimum atomic E-state index is 0.105. The molecule has 3 rings (SSSR count). The smallest absolute Gasteiger partial charge is 0.203 e. The van der Waals surface area contributed by atoms with E-state index in [4.69, 9.17) is 11.6 Å². The van der Waals surface area contributed by atoms with Crippen molar-refractivity contribution in [2.75, 3.05) is 14.1 Å². The van der Waals surface area contributed by atoms with Gasteiger partial charge in [-0.1, -0.05) is 25.4 Å². The highest BCUT2D eigenvalue weighted by molar-refractivity contribution is 8.00. The first-order valence-corrected chi connectivity index (χ1v) is 10.2. The van der Waals surface area contributed by atoms with E-state index in [0.717, 1.165) is 26.8 Å². The second kappa shape index (κ2) is 8.04. The molecule has 0 radical (unpaired) electrons. The molecule has 138 valence electrons. The summed E-state index contributed by atoms with van der Waals surface area (Å²) in [6.45, 7) is 6.28. The van der Waals surface area contributed by atoms with Crippen LogP contribution in [-0.4, -0.2) is 43.1 Å². The van der Waals surface area contributed by atoms with E-state index >= 15 is 0 Å². The van der Waals surface area contributed by atoms with Gasteiger partial charge in [-0.05, 0) is 68.6 Å². The van der Waals surface area contributed by atoms with Gasteiger partial charge in [0, 0.05) is 16.6 Å². The monoisotopic (exact) mass is 408 g/mol. The normalized spacial score (nSPS) is 12.9. The average Bonchev–Trinajstić information content (AvgIpc) is 3.22. The van der Waals surface area contributed by atoms with Crippen molar-refractivity contribution in [3.63, 3.8) is 0 Å². The van der Waals surface area contributed by atoms with Gasteiger partial charge in [0.2, 0.25) is 5.16 Å². The molecule has 1 unspecified atom stereocenters. The van der Waals surface area contributed by atoms with Crippen LogP contribution >= 0.6 is 34.9 Å². The Morgan fingerprint density at radius 3 is 2.38 bits per heavy atom. The summed E-state index contributed by atoms with van der Waals surface area (Å²) in [5.74, 6) is 2.03. The van der Waals surface area contributed by atoms with Crippen LogP contribution in [0.1, 0.15) is 44.4 Å². The van der Waals surface area contributed by atoms with E-state index < -0.39 is 0 Å². The van der Waals surface area contributed by atoms with E-state index in [1.807, 2.05) is 38.4 Å². The van der Waals surface area contributed by atoms with Gasteiger partial charge in [-0.25, -0.2) is 4.98 Å². The molecule has 2 heterocycles. The summed E-state index contributed by atoms with van der Waals surface area (Å²) in [5, 5.41) is 10.3. The third-order valence-electron chi connectivity index (χ3n) is 4.01. The van der Waals surface area contributed by atoms with Crippen LogP contribution in [0, 0.1) is 0 Å². The number of rotatable bonds is 6. The second-order valence-corrected chi connectivity index (χ2v) is 8.87. The number of hydrogen-bond acceptors (Lipinski definition) is 7. The zero-order chi connectivity index (χ0) is 18.8. The summed E-state index contributed by atoms with van der Waals surface area (Å²) in [6.07, 6.45) is 0. The maximum atomic E-state index is 6.06. The van der Waals surface area contributed by atoms with Crippen molar-refractivity contribution in [3.05, 3.63) is 40.9 Å². The molecule has 6 nitrogen and oxygen atoms in total. The first kappa shape index (κ1) is 19.3. The molecular weight excluding hydrogens is 388 g/mol. The van der Waals surface area contributed by atoms with Crippen molar-refractivity contribution in [1.29, 1.82) is 0 Å². The lowest BCUT2D eigenvalue weighted by Crippen LogP contribution is -2.20. The first-order valence-electron chi connectivity index (χ1n) is 8.26. The number of aromatic nitrogens is 5. The lowest BCUT2D eigenvalue weighted by atomic mass is 10.2. The third-order valence-corrected chi connectivity index (χ3v) is 5.97. The van der Waals surface area contributed by atoms with Gasteiger partial charge >= 0.3 is 0 Å². The molecule has 1 atom stereocenters. The number of halogens is 1. The Kier molecular flexibility index (Phi) is 5.96. The molecule has 3 aromatic rings. The van der Waals surface area contributed by atoms with Gasteiger partial charge in [0.1, 0.15) is 5.82 Å². The lowest BCUT2D eigenvalue weighted by Gasteiger charge is -2.20. The van der Waals surface area contributed by atoms with Crippen LogP contribution in [-0.2, 0) is 0 Å². The van der Waals surface area contributed by atoms with Crippen molar-refractivity contribution in [2.45, 2.75) is 42.2 Å². The van der Waals surface area contributed by atoms with E-state index in [2.05, 4.69) is 49.8 Å². The predicted octanol–water partition coefficient (Wildman–Crippen LogP) is 4.67. The minimum Gasteiger partial charge on any atom is -0.300 e. The molecule has 0 saturated heterocycles. The van der Waals surface area contributed by atoms with Crippen molar-refractivity contribution in [3.8, 4) is 5.69 Å². The fourth-order valence-corrected chi connectivity index (χ4v) is 4.09. The molecule has 0 amide bonds. The molecule has 1 aromatic carbocycles. The van der Waals surface area contributed by atoms with Crippen molar-refractivity contribution >= 4 is 34.9 Å². The summed E-state index contributed by atoms with van der Waals surface area (Å²) in [5.41, 5.74) is 0.971. The van der Waals surface area contributed by atoms with Gasteiger partial charge in [0.25, 0.3) is 0 Å². The third kappa shape index (κ3) is 4.09. The van der Waals surface area contributed by atoms with Gasteiger partial charge in [0.15, 0.2) is 10.2 Å². The van der Waals surface area contributed by atoms with Crippen LogP contribution in [0.5, 0.6) is 0 Å². The van der Waals surface area contributed by atoms with Gasteiger partial charge in [0.05, 0.1) is 6.04 Å². The van der Waals surface area contributed by atoms with Crippen LogP contribution in [0.3, 0.4) is 0 Å². The topological polar surface area (TPSA) is 59.7 Å². The maximum absolute atomic E-state index is 6.06. The Hall–Kier alpha value is -1.48. The zero-order valence-corrected chi connectivity index (χ0v) is 17.7. The number of benzene rings is 1. The number of hydrogen-bond donors (Lipinski definition) is 0. The van der Waals surface area contributed by atoms with E-state index in [0.29, 0.717) is 10.9 Å². The summed E-state index contributed by atoms with van der Waals surface area (Å²) in [7, 11) is 4.05. The molecule has 26 heavy (non-hydrogen) atoms. The highest BCUT2D eigenvalue weighted by Crippen LogP contribution is 2.33. The fourth-order valence-electron chi connectivity index (χ4n) is 2.26. The quantitative estimate of drug-likeness (QED) is 0.590. The van der Waals surface area contributed by atoms with E-state index in [1.165, 1.54) is 23.3 Å². The van der Waals surface area contributed by atoms with Crippen LogP contribution in [0.4, 0.5) is 0 Å². The van der Waals surface area contributed by atoms with Crippen LogP contribution in [0.15, 0.2) is 33.8 Å². The molecule has 0 bridgehead atoms. The molecule has 0 saturated carbocycles. The van der Waals surface area contributed by atoms with E-state index in [1.54, 1.807) is 0 Å². The Bertz CT molecular complexity index is 872. The molecule has 0 spiro atoms. The molecule has 0 aliphatic heterocycles. The fraction of sp³-hybridized carbons (Fsp3) is 0.412. The van der Waals surface area contributed by atoms with Gasteiger partial charge in [-0.15, -0.1) is 10.2 Å². The van der Waals surface area contributed by atoms with Crippen LogP contribution in [0.2, 0.25) is 5.02 Å². The number of nitrogens with zero attached hydrogens (tertiary/aromatic N) is 6. The van der Waals surface area contributed by atoms with E-state index in [9.17, 15) is 0 Å². The Morgan fingerprint density at radius 1 is 1.12 bits per heavy atom. The maximum Gasteiger partial charge on any atom is 0.203 e. The highest BCUT2D eigenvalue weighted by atomic mass is 35.5. The SMILES string of the molecule is CC(C)c1nsc(Sc2nnc(C(C)N(C)C)n2-c2ccc(Cl)cc2)n1. The van der Waals surface area contributed by atoms with Crippen molar-refractivity contribution in [1.82, 2.24) is 29.0 Å². The highest BCUT2D eigenvalue weighted by Gasteiger charge is 2.22. The molecule has 0 aliphatic rings. The Balaban J connectivity index is 2.02. The lowest BCUT2D eigenvalue weighted by molar-refractivity contribution is 0.305. The largest absolute Gasteiger partial charge is 0.300 e. The van der Waals surface area contributed by atoms with Gasteiger partial charge in [-0.3, -0.25) is 9.47 Å². The van der Waals surface area contributed by atoms with Crippen molar-refractivity contribution in [2.24, 2.45) is 0 Å². The van der Waals surface area contributed by atoms with Crippen LogP contribution in [0.25, 0.3) is 5.69 Å². The molecule has 0 fully saturated rings. The summed E-state index contributed by atoms with van der Waals surface area (Å²) < 4.78 is 7.34. The standard InChI is InChI=1S/C17H21ClN6S2/c1-10(2)14-19-17(26-22-14)25-16-21-20-15(11(3)23(4)5)24(16)13-8-6-12(18)7-9-13/h6-11H,1-5H3. The molecular formula is C17H21ClN6S2. The molecule has 0 N–H and O–H groups in total. The predicted molar refractivity (Wildman–Crippen MR) is 107 cm³/mol. The molecule has 9 heteroatoms. The van der Waals surface area contributed by atoms with Gasteiger partial charge < -0.3 is 0 Å². The molecule has 0 aliphatic carbocycles. The van der Waals surface area contributed by atoms with Gasteiger partial charge in [-0.2, -0.15) is 4.37 Å². The summed E-state index contributed by atoms with van der Waals surface area (Å²) in [6, 6.07) is 7.80. The van der Waals surface area contributed by atoms with E-state index in [-0.39, 0.29) is 6.04 Å². The first-order chi connectivity index (χ1) is 12.4.